The van der Waals surface area contributed by atoms with Crippen molar-refractivity contribution >= 4 is 0 Å². The number of methoxy groups -OCH3 is 2. The monoisotopic (exact) mass is 260 g/mol. The van der Waals surface area contributed by atoms with Crippen molar-refractivity contribution in [3.8, 4) is 11.5 Å². The van der Waals surface area contributed by atoms with Crippen LogP contribution in [0.5, 0.6) is 11.5 Å². The number of nitrogens with two attached hydrogens (primary N) is 1. The van der Waals surface area contributed by atoms with Crippen LogP contribution in [0.25, 0.3) is 0 Å². The van der Waals surface area contributed by atoms with Crippen LogP contribution in [-0.4, -0.2) is 24.2 Å². The summed E-state index contributed by atoms with van der Waals surface area (Å²) in [5.74, 6) is 7.04. The Kier molecular flexibility index (Phi) is 4.27. The summed E-state index contributed by atoms with van der Waals surface area (Å²) < 4.78 is 10.5. The molecule has 2 rings (SSSR count). The van der Waals surface area contributed by atoms with Crippen LogP contribution in [0.4, 0.5) is 0 Å². The molecule has 0 aliphatic heterocycles. The van der Waals surface area contributed by atoms with Gasteiger partial charge in [-0.25, -0.2) is 15.4 Å². The highest BCUT2D eigenvalue weighted by molar-refractivity contribution is 5.44. The molecule has 6 nitrogen and oxygen atoms in total. The van der Waals surface area contributed by atoms with E-state index in [2.05, 4.69) is 15.4 Å². The first-order valence-electron chi connectivity index (χ1n) is 5.74. The summed E-state index contributed by atoms with van der Waals surface area (Å²) >= 11 is 0. The number of nitrogens with one attached hydrogen (secondary N) is 1. The first kappa shape index (κ1) is 13.3. The van der Waals surface area contributed by atoms with E-state index in [1.54, 1.807) is 32.5 Å². The Morgan fingerprint density at radius 1 is 1.21 bits per heavy atom. The first-order valence-corrected chi connectivity index (χ1v) is 5.74. The molecular formula is C13H16N4O2. The Bertz CT molecular complexity index is 533. The van der Waals surface area contributed by atoms with E-state index >= 15 is 0 Å². The smallest absolute Gasteiger partial charge is 0.127 e. The lowest BCUT2D eigenvalue weighted by atomic mass is 10.0. The number of hydrazine groups is 1. The maximum Gasteiger partial charge on any atom is 0.127 e. The van der Waals surface area contributed by atoms with Gasteiger partial charge in [0.2, 0.25) is 0 Å². The number of aromatic nitrogens is 2. The summed E-state index contributed by atoms with van der Waals surface area (Å²) in [7, 11) is 3.21. The van der Waals surface area contributed by atoms with E-state index in [4.69, 9.17) is 15.3 Å². The van der Waals surface area contributed by atoms with Crippen LogP contribution in [0.2, 0.25) is 0 Å². The molecule has 0 spiro atoms. The summed E-state index contributed by atoms with van der Waals surface area (Å²) in [6.07, 6.45) is 3.15. The molecule has 1 unspecified atom stereocenters. The highest BCUT2D eigenvalue weighted by atomic mass is 16.5. The average Bonchev–Trinajstić information content (AvgIpc) is 2.49. The topological polar surface area (TPSA) is 82.3 Å². The maximum absolute atomic E-state index is 5.63. The Labute approximate surface area is 111 Å². The molecule has 0 amide bonds. The van der Waals surface area contributed by atoms with E-state index in [0.29, 0.717) is 5.75 Å². The van der Waals surface area contributed by atoms with E-state index in [1.807, 2.05) is 12.1 Å². The number of ether oxygens (including phenoxy) is 2. The molecule has 1 atom stereocenters. The fourth-order valence-electron chi connectivity index (χ4n) is 1.86. The van der Waals surface area contributed by atoms with Crippen LogP contribution in [0.3, 0.4) is 0 Å². The normalized spacial score (nSPS) is 11.9. The highest BCUT2D eigenvalue weighted by Crippen LogP contribution is 2.31. The van der Waals surface area contributed by atoms with Crippen LogP contribution >= 0.6 is 0 Å². The van der Waals surface area contributed by atoms with Crippen molar-refractivity contribution in [3.63, 3.8) is 0 Å². The zero-order chi connectivity index (χ0) is 13.7. The van der Waals surface area contributed by atoms with Crippen LogP contribution in [-0.2, 0) is 0 Å². The zero-order valence-corrected chi connectivity index (χ0v) is 10.8. The van der Waals surface area contributed by atoms with E-state index in [1.165, 1.54) is 6.33 Å². The van der Waals surface area contributed by atoms with Gasteiger partial charge in [0.25, 0.3) is 0 Å². The van der Waals surface area contributed by atoms with Gasteiger partial charge in [0.1, 0.15) is 17.8 Å². The van der Waals surface area contributed by atoms with Crippen molar-refractivity contribution in [2.24, 2.45) is 5.84 Å². The predicted molar refractivity (Wildman–Crippen MR) is 70.7 cm³/mol. The third-order valence-electron chi connectivity index (χ3n) is 2.82. The van der Waals surface area contributed by atoms with Crippen molar-refractivity contribution in [2.45, 2.75) is 6.04 Å². The molecule has 0 aliphatic carbocycles. The van der Waals surface area contributed by atoms with Crippen molar-refractivity contribution in [2.75, 3.05) is 14.2 Å². The lowest BCUT2D eigenvalue weighted by Gasteiger charge is -2.19. The maximum atomic E-state index is 5.63. The molecule has 1 aromatic heterocycles. The van der Waals surface area contributed by atoms with Crippen LogP contribution in [0, 0.1) is 0 Å². The molecule has 19 heavy (non-hydrogen) atoms. The van der Waals surface area contributed by atoms with Gasteiger partial charge in [0.15, 0.2) is 0 Å². The molecule has 0 saturated heterocycles. The molecule has 2 aromatic rings. The minimum atomic E-state index is -0.274. The molecule has 6 heteroatoms. The number of nitrogens with zero attached hydrogens (tertiary/aromatic N) is 2. The highest BCUT2D eigenvalue weighted by Gasteiger charge is 2.18. The van der Waals surface area contributed by atoms with Gasteiger partial charge in [-0.3, -0.25) is 5.84 Å². The van der Waals surface area contributed by atoms with Crippen molar-refractivity contribution in [1.82, 2.24) is 15.4 Å². The van der Waals surface area contributed by atoms with Crippen molar-refractivity contribution < 1.29 is 9.47 Å². The second kappa shape index (κ2) is 6.12. The van der Waals surface area contributed by atoms with E-state index < -0.39 is 0 Å². The second-order valence-electron chi connectivity index (χ2n) is 3.84. The molecule has 0 bridgehead atoms. The van der Waals surface area contributed by atoms with Crippen LogP contribution in [0.1, 0.15) is 17.3 Å². The van der Waals surface area contributed by atoms with Crippen molar-refractivity contribution in [3.05, 3.63) is 48.0 Å². The lowest BCUT2D eigenvalue weighted by Crippen LogP contribution is -2.29. The number of benzene rings is 1. The lowest BCUT2D eigenvalue weighted by molar-refractivity contribution is 0.387. The van der Waals surface area contributed by atoms with Gasteiger partial charge < -0.3 is 9.47 Å². The molecular weight excluding hydrogens is 244 g/mol. The van der Waals surface area contributed by atoms with Crippen LogP contribution in [0.15, 0.2) is 36.8 Å². The van der Waals surface area contributed by atoms with E-state index in [-0.39, 0.29) is 6.04 Å². The number of rotatable bonds is 5. The van der Waals surface area contributed by atoms with Gasteiger partial charge >= 0.3 is 0 Å². The molecule has 100 valence electrons. The number of hydrogen-bond acceptors (Lipinski definition) is 6. The van der Waals surface area contributed by atoms with Gasteiger partial charge in [0, 0.05) is 17.8 Å². The molecule has 1 heterocycles. The Balaban J connectivity index is 2.43. The van der Waals surface area contributed by atoms with Gasteiger partial charge in [-0.1, -0.05) is 0 Å². The SMILES string of the molecule is COc1ccc(C(NN)c2ccncn2)c(OC)c1. The molecule has 3 N–H and O–H groups in total. The van der Waals surface area contributed by atoms with Gasteiger partial charge in [0.05, 0.1) is 26.0 Å². The Morgan fingerprint density at radius 2 is 2.05 bits per heavy atom. The summed E-state index contributed by atoms with van der Waals surface area (Å²) in [5.41, 5.74) is 4.38. The quantitative estimate of drug-likeness (QED) is 0.617. The zero-order valence-electron chi connectivity index (χ0n) is 10.8. The largest absolute Gasteiger partial charge is 0.497 e. The second-order valence-corrected chi connectivity index (χ2v) is 3.84. The fraction of sp³-hybridized carbons (Fsp3) is 0.231. The average molecular weight is 260 g/mol. The van der Waals surface area contributed by atoms with Crippen LogP contribution < -0.4 is 20.7 Å². The molecule has 0 saturated carbocycles. The predicted octanol–water partition coefficient (Wildman–Crippen LogP) is 1.05. The van der Waals surface area contributed by atoms with Crippen molar-refractivity contribution in [1.29, 1.82) is 0 Å². The van der Waals surface area contributed by atoms with Gasteiger partial charge in [-0.05, 0) is 18.2 Å². The number of hydrogen-bond donors (Lipinski definition) is 2. The van der Waals surface area contributed by atoms with Gasteiger partial charge in [-0.15, -0.1) is 0 Å². The third-order valence-corrected chi connectivity index (χ3v) is 2.82. The Hall–Kier alpha value is -2.18. The third kappa shape index (κ3) is 2.81. The van der Waals surface area contributed by atoms with E-state index in [0.717, 1.165) is 17.0 Å². The van der Waals surface area contributed by atoms with Gasteiger partial charge in [-0.2, -0.15) is 0 Å². The Morgan fingerprint density at radius 3 is 2.63 bits per heavy atom. The molecule has 0 fully saturated rings. The van der Waals surface area contributed by atoms with E-state index in [9.17, 15) is 0 Å². The molecule has 0 aliphatic rings. The summed E-state index contributed by atoms with van der Waals surface area (Å²) in [5, 5.41) is 0. The summed E-state index contributed by atoms with van der Waals surface area (Å²) in [6, 6.07) is 7.08. The minimum Gasteiger partial charge on any atom is -0.497 e. The molecule has 0 radical (unpaired) electrons. The first-order chi connectivity index (χ1) is 9.30. The standard InChI is InChI=1S/C13H16N4O2/c1-18-9-3-4-10(12(7-9)19-2)13(17-14)11-5-6-15-8-16-11/h3-8,13,17H,14H2,1-2H3. The fourth-order valence-corrected chi connectivity index (χ4v) is 1.86. The minimum absolute atomic E-state index is 0.274. The molecule has 1 aromatic carbocycles. The summed E-state index contributed by atoms with van der Waals surface area (Å²) in [6.45, 7) is 0. The summed E-state index contributed by atoms with van der Waals surface area (Å²) in [4.78, 5) is 8.10.